The second kappa shape index (κ2) is 7.82. The van der Waals surface area contributed by atoms with Gasteiger partial charge in [0.1, 0.15) is 11.4 Å². The van der Waals surface area contributed by atoms with Crippen molar-refractivity contribution < 1.29 is 14.1 Å². The number of rotatable bonds is 7. The Bertz CT molecular complexity index is 951. The van der Waals surface area contributed by atoms with Crippen LogP contribution in [-0.2, 0) is 17.8 Å². The number of ether oxygens (including phenoxy) is 1. The highest BCUT2D eigenvalue weighted by molar-refractivity contribution is 5.84. The highest BCUT2D eigenvalue weighted by Gasteiger charge is 2.44. The molecule has 0 spiro atoms. The van der Waals surface area contributed by atoms with Crippen molar-refractivity contribution in [1.29, 1.82) is 0 Å². The van der Waals surface area contributed by atoms with Crippen molar-refractivity contribution in [2.75, 3.05) is 20.2 Å². The minimum atomic E-state index is -0.462. The maximum Gasteiger partial charge on any atom is 0.229 e. The Balaban J connectivity index is 1.40. The molecule has 1 fully saturated rings. The van der Waals surface area contributed by atoms with Crippen LogP contribution >= 0.6 is 0 Å². The molecule has 0 aliphatic carbocycles. The Morgan fingerprint density at radius 3 is 2.82 bits per heavy atom. The molecule has 3 aromatic rings. The van der Waals surface area contributed by atoms with Gasteiger partial charge in [-0.2, -0.15) is 0 Å². The normalized spacial score (nSPS) is 14.9. The Hall–Kier alpha value is -3.19. The molecule has 0 atom stereocenters. The lowest BCUT2D eigenvalue weighted by Crippen LogP contribution is -2.62. The standard InChI is InChI=1S/C21H22N4O3/c1-27-16-6-4-5-15(9-16)11-21(13-22-14-21)20(26)24-12-17-10-19(25-28-17)18-7-2-3-8-23-18/h2-10,22H,11-14H2,1H3,(H,24,26). The van der Waals surface area contributed by atoms with Crippen molar-refractivity contribution in [2.24, 2.45) is 5.41 Å². The average molecular weight is 378 g/mol. The van der Waals surface area contributed by atoms with Gasteiger partial charge in [-0.05, 0) is 36.2 Å². The number of nitrogens with one attached hydrogen (secondary N) is 2. The van der Waals surface area contributed by atoms with Gasteiger partial charge in [0.2, 0.25) is 5.91 Å². The monoisotopic (exact) mass is 378 g/mol. The zero-order valence-corrected chi connectivity index (χ0v) is 15.6. The summed E-state index contributed by atoms with van der Waals surface area (Å²) in [6.07, 6.45) is 2.36. The number of nitrogens with zero attached hydrogens (tertiary/aromatic N) is 2. The molecule has 0 bridgehead atoms. The summed E-state index contributed by atoms with van der Waals surface area (Å²) < 4.78 is 10.6. The van der Waals surface area contributed by atoms with E-state index in [1.165, 1.54) is 0 Å². The van der Waals surface area contributed by atoms with E-state index in [0.29, 0.717) is 37.5 Å². The summed E-state index contributed by atoms with van der Waals surface area (Å²) in [5.41, 5.74) is 2.01. The van der Waals surface area contributed by atoms with E-state index in [2.05, 4.69) is 20.8 Å². The molecular weight excluding hydrogens is 356 g/mol. The summed E-state index contributed by atoms with van der Waals surface area (Å²) >= 11 is 0. The van der Waals surface area contributed by atoms with Gasteiger partial charge in [-0.3, -0.25) is 9.78 Å². The molecule has 3 heterocycles. The summed E-state index contributed by atoms with van der Waals surface area (Å²) in [6.45, 7) is 1.58. The van der Waals surface area contributed by atoms with Crippen molar-refractivity contribution in [2.45, 2.75) is 13.0 Å². The zero-order valence-electron chi connectivity index (χ0n) is 15.6. The van der Waals surface area contributed by atoms with Gasteiger partial charge in [-0.1, -0.05) is 23.4 Å². The number of carbonyl (C=O) groups is 1. The second-order valence-corrected chi connectivity index (χ2v) is 6.99. The van der Waals surface area contributed by atoms with Crippen LogP contribution < -0.4 is 15.4 Å². The van der Waals surface area contributed by atoms with Gasteiger partial charge in [0.05, 0.1) is 24.8 Å². The van der Waals surface area contributed by atoms with Gasteiger partial charge in [-0.25, -0.2) is 0 Å². The summed E-state index contributed by atoms with van der Waals surface area (Å²) in [4.78, 5) is 17.2. The van der Waals surface area contributed by atoms with Gasteiger partial charge in [0.25, 0.3) is 0 Å². The molecule has 0 saturated carbocycles. The number of hydrogen-bond donors (Lipinski definition) is 2. The molecule has 2 aromatic heterocycles. The summed E-state index contributed by atoms with van der Waals surface area (Å²) in [5.74, 6) is 1.40. The van der Waals surface area contributed by atoms with Gasteiger partial charge in [0.15, 0.2) is 5.76 Å². The summed E-state index contributed by atoms with van der Waals surface area (Å²) in [6, 6.07) is 15.2. The molecule has 4 rings (SSSR count). The Kier molecular flexibility index (Phi) is 5.08. The molecule has 1 aliphatic heterocycles. The second-order valence-electron chi connectivity index (χ2n) is 6.99. The van der Waals surface area contributed by atoms with Crippen LogP contribution in [0.5, 0.6) is 5.75 Å². The molecule has 1 aromatic carbocycles. The van der Waals surface area contributed by atoms with Gasteiger partial charge >= 0.3 is 0 Å². The van der Waals surface area contributed by atoms with Crippen LogP contribution in [0.15, 0.2) is 59.3 Å². The number of pyridine rings is 1. The van der Waals surface area contributed by atoms with Crippen LogP contribution in [0.4, 0.5) is 0 Å². The van der Waals surface area contributed by atoms with E-state index in [1.54, 1.807) is 19.4 Å². The third kappa shape index (κ3) is 3.75. The fraction of sp³-hybridized carbons (Fsp3) is 0.286. The number of benzene rings is 1. The van der Waals surface area contributed by atoms with E-state index < -0.39 is 5.41 Å². The van der Waals surface area contributed by atoms with Crippen LogP contribution in [0.1, 0.15) is 11.3 Å². The first-order valence-electron chi connectivity index (χ1n) is 9.17. The number of carbonyl (C=O) groups excluding carboxylic acids is 1. The van der Waals surface area contributed by atoms with Gasteiger partial charge in [0, 0.05) is 25.4 Å². The van der Waals surface area contributed by atoms with Crippen molar-refractivity contribution >= 4 is 5.91 Å². The third-order valence-corrected chi connectivity index (χ3v) is 4.99. The molecule has 1 aliphatic rings. The van der Waals surface area contributed by atoms with E-state index in [-0.39, 0.29) is 5.91 Å². The van der Waals surface area contributed by atoms with Crippen molar-refractivity contribution in [1.82, 2.24) is 20.8 Å². The fourth-order valence-corrected chi connectivity index (χ4v) is 3.35. The summed E-state index contributed by atoms with van der Waals surface area (Å²) in [5, 5.41) is 10.2. The van der Waals surface area contributed by atoms with E-state index >= 15 is 0 Å². The first kappa shape index (κ1) is 18.2. The maximum atomic E-state index is 12.9. The lowest BCUT2D eigenvalue weighted by Gasteiger charge is -2.41. The highest BCUT2D eigenvalue weighted by atomic mass is 16.5. The molecule has 7 heteroatoms. The lowest BCUT2D eigenvalue weighted by molar-refractivity contribution is -0.134. The predicted molar refractivity (Wildman–Crippen MR) is 104 cm³/mol. The lowest BCUT2D eigenvalue weighted by atomic mass is 9.75. The van der Waals surface area contributed by atoms with Crippen LogP contribution in [0.2, 0.25) is 0 Å². The van der Waals surface area contributed by atoms with Crippen molar-refractivity contribution in [3.05, 3.63) is 66.1 Å². The fourth-order valence-electron chi connectivity index (χ4n) is 3.35. The van der Waals surface area contributed by atoms with Crippen molar-refractivity contribution in [3.63, 3.8) is 0 Å². The Morgan fingerprint density at radius 2 is 2.11 bits per heavy atom. The largest absolute Gasteiger partial charge is 0.497 e. The summed E-state index contributed by atoms with van der Waals surface area (Å²) in [7, 11) is 1.64. The zero-order chi connectivity index (χ0) is 19.4. The van der Waals surface area contributed by atoms with Crippen LogP contribution in [0.25, 0.3) is 11.4 Å². The smallest absolute Gasteiger partial charge is 0.229 e. The predicted octanol–water partition coefficient (Wildman–Crippen LogP) is 2.19. The number of methoxy groups -OCH3 is 1. The maximum absolute atomic E-state index is 12.9. The number of aromatic nitrogens is 2. The first-order chi connectivity index (χ1) is 13.7. The van der Waals surface area contributed by atoms with E-state index in [9.17, 15) is 4.79 Å². The molecule has 28 heavy (non-hydrogen) atoms. The van der Waals surface area contributed by atoms with E-state index in [4.69, 9.17) is 9.26 Å². The third-order valence-electron chi connectivity index (χ3n) is 4.99. The van der Waals surface area contributed by atoms with Crippen molar-refractivity contribution in [3.8, 4) is 17.1 Å². The van der Waals surface area contributed by atoms with E-state index in [0.717, 1.165) is 17.0 Å². The number of amides is 1. The molecule has 2 N–H and O–H groups in total. The average Bonchev–Trinajstić information content (AvgIpc) is 3.19. The highest BCUT2D eigenvalue weighted by Crippen LogP contribution is 2.29. The van der Waals surface area contributed by atoms with Crippen LogP contribution in [0.3, 0.4) is 0 Å². The number of hydrogen-bond acceptors (Lipinski definition) is 6. The molecular formula is C21H22N4O3. The Labute approximate surface area is 163 Å². The minimum Gasteiger partial charge on any atom is -0.497 e. The SMILES string of the molecule is COc1cccc(CC2(C(=O)NCc3cc(-c4ccccn4)no3)CNC2)c1. The molecule has 1 amide bonds. The molecule has 0 radical (unpaired) electrons. The van der Waals surface area contributed by atoms with Gasteiger partial charge in [-0.15, -0.1) is 0 Å². The van der Waals surface area contributed by atoms with Crippen LogP contribution in [-0.4, -0.2) is 36.2 Å². The Morgan fingerprint density at radius 1 is 1.21 bits per heavy atom. The first-order valence-corrected chi connectivity index (χ1v) is 9.17. The van der Waals surface area contributed by atoms with Crippen LogP contribution in [0, 0.1) is 5.41 Å². The molecule has 144 valence electrons. The topological polar surface area (TPSA) is 89.3 Å². The van der Waals surface area contributed by atoms with E-state index in [1.807, 2.05) is 42.5 Å². The molecule has 7 nitrogen and oxygen atoms in total. The molecule has 1 saturated heterocycles. The van der Waals surface area contributed by atoms with Gasteiger partial charge < -0.3 is 19.9 Å². The quantitative estimate of drug-likeness (QED) is 0.655. The minimum absolute atomic E-state index is 0.00450. The molecule has 0 unspecified atom stereocenters.